The highest BCUT2D eigenvalue weighted by molar-refractivity contribution is 7.09. The fourth-order valence-corrected chi connectivity index (χ4v) is 1.69. The Bertz CT molecular complexity index is 251. The van der Waals surface area contributed by atoms with Gasteiger partial charge in [-0.15, -0.1) is 23.7 Å². The first-order valence-corrected chi connectivity index (χ1v) is 4.61. The van der Waals surface area contributed by atoms with E-state index in [1.54, 1.807) is 18.4 Å². The van der Waals surface area contributed by atoms with Crippen LogP contribution >= 0.6 is 23.7 Å². The molecule has 0 radical (unpaired) electrons. The maximum absolute atomic E-state index is 11.0. The predicted molar refractivity (Wildman–Crippen MR) is 57.3 cm³/mol. The Kier molecular flexibility index (Phi) is 5.70. The summed E-state index contributed by atoms with van der Waals surface area (Å²) in [5.74, 6) is -0.108. The molecule has 1 rings (SSSR count). The first-order chi connectivity index (χ1) is 5.74. The number of rotatable bonds is 3. The molecule has 1 heterocycles. The molecule has 13 heavy (non-hydrogen) atoms. The predicted octanol–water partition coefficient (Wildman–Crippen LogP) is 0.786. The SMILES string of the molecule is CNC(=O)[C@H](N)Cc1cccs1.Cl. The van der Waals surface area contributed by atoms with E-state index in [-0.39, 0.29) is 18.3 Å². The third-order valence-corrected chi connectivity index (χ3v) is 2.48. The van der Waals surface area contributed by atoms with E-state index in [4.69, 9.17) is 5.73 Å². The summed E-state index contributed by atoms with van der Waals surface area (Å²) in [6.45, 7) is 0. The minimum Gasteiger partial charge on any atom is -0.358 e. The Balaban J connectivity index is 0.00000144. The summed E-state index contributed by atoms with van der Waals surface area (Å²) in [5.41, 5.74) is 5.61. The molecule has 0 aliphatic carbocycles. The molecule has 0 aliphatic rings. The Labute approximate surface area is 87.7 Å². The zero-order valence-corrected chi connectivity index (χ0v) is 8.95. The van der Waals surface area contributed by atoms with Crippen molar-refractivity contribution in [1.82, 2.24) is 5.32 Å². The number of carbonyl (C=O) groups excluding carboxylic acids is 1. The van der Waals surface area contributed by atoms with E-state index in [0.29, 0.717) is 6.42 Å². The summed E-state index contributed by atoms with van der Waals surface area (Å²) in [6, 6.07) is 3.51. The molecule has 0 spiro atoms. The highest BCUT2D eigenvalue weighted by Gasteiger charge is 2.11. The van der Waals surface area contributed by atoms with Crippen molar-refractivity contribution in [3.05, 3.63) is 22.4 Å². The molecule has 0 unspecified atom stereocenters. The average molecular weight is 221 g/mol. The summed E-state index contributed by atoms with van der Waals surface area (Å²) in [5, 5.41) is 4.50. The van der Waals surface area contributed by atoms with E-state index in [9.17, 15) is 4.79 Å². The zero-order chi connectivity index (χ0) is 8.97. The Morgan fingerprint density at radius 3 is 2.92 bits per heavy atom. The van der Waals surface area contributed by atoms with Crippen LogP contribution in [-0.2, 0) is 11.2 Å². The lowest BCUT2D eigenvalue weighted by Gasteiger charge is -2.07. The van der Waals surface area contributed by atoms with Gasteiger partial charge in [-0.1, -0.05) is 6.07 Å². The number of nitrogens with two attached hydrogens (primary N) is 1. The highest BCUT2D eigenvalue weighted by Crippen LogP contribution is 2.10. The van der Waals surface area contributed by atoms with Gasteiger partial charge in [0.25, 0.3) is 0 Å². The molecular formula is C8H13ClN2OS. The van der Waals surface area contributed by atoms with E-state index in [1.165, 1.54) is 0 Å². The molecule has 74 valence electrons. The number of nitrogens with one attached hydrogen (secondary N) is 1. The fourth-order valence-electron chi connectivity index (χ4n) is 0.924. The normalized spacial score (nSPS) is 11.5. The molecule has 0 fully saturated rings. The Hall–Kier alpha value is -0.580. The van der Waals surface area contributed by atoms with Gasteiger partial charge in [0.15, 0.2) is 0 Å². The lowest BCUT2D eigenvalue weighted by atomic mass is 10.2. The van der Waals surface area contributed by atoms with Crippen LogP contribution in [-0.4, -0.2) is 19.0 Å². The number of hydrogen-bond donors (Lipinski definition) is 2. The second-order valence-electron chi connectivity index (χ2n) is 2.50. The molecule has 5 heteroatoms. The van der Waals surface area contributed by atoms with Crippen molar-refractivity contribution < 1.29 is 4.79 Å². The van der Waals surface area contributed by atoms with Crippen LogP contribution in [0.25, 0.3) is 0 Å². The molecule has 0 saturated carbocycles. The first-order valence-electron chi connectivity index (χ1n) is 3.73. The van der Waals surface area contributed by atoms with Crippen LogP contribution in [0.2, 0.25) is 0 Å². The van der Waals surface area contributed by atoms with Crippen molar-refractivity contribution in [2.75, 3.05) is 7.05 Å². The second kappa shape index (κ2) is 5.96. The number of likely N-dealkylation sites (N-methyl/N-ethyl adjacent to an activating group) is 1. The van der Waals surface area contributed by atoms with Crippen LogP contribution in [0.15, 0.2) is 17.5 Å². The first kappa shape index (κ1) is 12.4. The molecule has 1 aromatic heterocycles. The lowest BCUT2D eigenvalue weighted by Crippen LogP contribution is -2.40. The molecule has 0 aliphatic heterocycles. The number of amides is 1. The van der Waals surface area contributed by atoms with Gasteiger partial charge < -0.3 is 11.1 Å². The third kappa shape index (κ3) is 3.76. The van der Waals surface area contributed by atoms with Gasteiger partial charge in [-0.2, -0.15) is 0 Å². The molecule has 0 aromatic carbocycles. The molecule has 1 amide bonds. The van der Waals surface area contributed by atoms with Gasteiger partial charge >= 0.3 is 0 Å². The average Bonchev–Trinajstić information content (AvgIpc) is 2.55. The minimum absolute atomic E-state index is 0. The molecule has 1 aromatic rings. The second-order valence-corrected chi connectivity index (χ2v) is 3.54. The maximum Gasteiger partial charge on any atom is 0.237 e. The van der Waals surface area contributed by atoms with Crippen molar-refractivity contribution in [3.8, 4) is 0 Å². The smallest absolute Gasteiger partial charge is 0.237 e. The molecule has 1 atom stereocenters. The summed E-state index contributed by atoms with van der Waals surface area (Å²) in [7, 11) is 1.59. The lowest BCUT2D eigenvalue weighted by molar-refractivity contribution is -0.121. The number of thiophene rings is 1. The summed E-state index contributed by atoms with van der Waals surface area (Å²) < 4.78 is 0. The minimum atomic E-state index is -0.423. The monoisotopic (exact) mass is 220 g/mol. The van der Waals surface area contributed by atoms with E-state index < -0.39 is 6.04 Å². The van der Waals surface area contributed by atoms with Gasteiger partial charge in [0.1, 0.15) is 0 Å². The van der Waals surface area contributed by atoms with Crippen LogP contribution in [0.4, 0.5) is 0 Å². The molecular weight excluding hydrogens is 208 g/mol. The van der Waals surface area contributed by atoms with Crippen LogP contribution in [0.1, 0.15) is 4.88 Å². The maximum atomic E-state index is 11.0. The Morgan fingerprint density at radius 2 is 2.46 bits per heavy atom. The summed E-state index contributed by atoms with van der Waals surface area (Å²) in [6.07, 6.45) is 0.622. The van der Waals surface area contributed by atoms with Crippen LogP contribution < -0.4 is 11.1 Å². The van der Waals surface area contributed by atoms with E-state index in [1.807, 2.05) is 17.5 Å². The highest BCUT2D eigenvalue weighted by atomic mass is 35.5. The number of carbonyl (C=O) groups is 1. The van der Waals surface area contributed by atoms with Gasteiger partial charge in [0.2, 0.25) is 5.91 Å². The topological polar surface area (TPSA) is 55.1 Å². The van der Waals surface area contributed by atoms with Crippen molar-refractivity contribution >= 4 is 29.7 Å². The quantitative estimate of drug-likeness (QED) is 0.792. The van der Waals surface area contributed by atoms with Crippen LogP contribution in [0, 0.1) is 0 Å². The number of halogens is 1. The Morgan fingerprint density at radius 1 is 1.77 bits per heavy atom. The van der Waals surface area contributed by atoms with E-state index in [2.05, 4.69) is 5.32 Å². The molecule has 3 N–H and O–H groups in total. The van der Waals surface area contributed by atoms with Gasteiger partial charge in [-0.3, -0.25) is 4.79 Å². The zero-order valence-electron chi connectivity index (χ0n) is 7.32. The molecule has 0 bridgehead atoms. The standard InChI is InChI=1S/C8H12N2OS.ClH/c1-10-8(11)7(9)5-6-3-2-4-12-6;/h2-4,7H,5,9H2,1H3,(H,10,11);1H/t7-;/m1./s1. The van der Waals surface area contributed by atoms with E-state index in [0.717, 1.165) is 4.88 Å². The van der Waals surface area contributed by atoms with Gasteiger partial charge in [-0.25, -0.2) is 0 Å². The van der Waals surface area contributed by atoms with Gasteiger partial charge in [0.05, 0.1) is 6.04 Å². The number of hydrogen-bond acceptors (Lipinski definition) is 3. The largest absolute Gasteiger partial charge is 0.358 e. The van der Waals surface area contributed by atoms with Crippen molar-refractivity contribution in [3.63, 3.8) is 0 Å². The summed E-state index contributed by atoms with van der Waals surface area (Å²) in [4.78, 5) is 12.2. The van der Waals surface area contributed by atoms with Crippen molar-refractivity contribution in [2.45, 2.75) is 12.5 Å². The van der Waals surface area contributed by atoms with Gasteiger partial charge in [0, 0.05) is 18.3 Å². The summed E-state index contributed by atoms with van der Waals surface area (Å²) >= 11 is 1.62. The van der Waals surface area contributed by atoms with Crippen LogP contribution in [0.5, 0.6) is 0 Å². The van der Waals surface area contributed by atoms with Crippen LogP contribution in [0.3, 0.4) is 0 Å². The van der Waals surface area contributed by atoms with Crippen molar-refractivity contribution in [2.24, 2.45) is 5.73 Å². The molecule has 3 nitrogen and oxygen atoms in total. The molecule has 0 saturated heterocycles. The van der Waals surface area contributed by atoms with E-state index >= 15 is 0 Å². The van der Waals surface area contributed by atoms with Crippen molar-refractivity contribution in [1.29, 1.82) is 0 Å². The third-order valence-electron chi connectivity index (χ3n) is 1.58. The van der Waals surface area contributed by atoms with Gasteiger partial charge in [-0.05, 0) is 11.4 Å². The fraction of sp³-hybridized carbons (Fsp3) is 0.375.